The third kappa shape index (κ3) is 5.43. The van der Waals surface area contributed by atoms with E-state index >= 15 is 0 Å². The Hall–Kier alpha value is -1.62. The van der Waals surface area contributed by atoms with Gasteiger partial charge in [-0.2, -0.15) is 0 Å². The molecule has 0 spiro atoms. The molecule has 1 aromatic rings. The fourth-order valence-corrected chi connectivity index (χ4v) is 3.50. The molecule has 138 valence electrons. The molecule has 0 aromatic heterocycles. The molecule has 2 heterocycles. The number of piperidine rings is 2. The number of rotatable bonds is 5. The van der Waals surface area contributed by atoms with Crippen LogP contribution in [0.5, 0.6) is 5.75 Å². The standard InChI is InChI=1S/C20H29FN2O2/c1-16-6-12-23(13-7-16)20(24)15-25-19-4-2-17(3-5-19)14-22-10-8-18(21)9-11-22/h2-5,16,18H,6-15H2,1H3. The Labute approximate surface area is 149 Å². The van der Waals surface area contributed by atoms with Crippen molar-refractivity contribution < 1.29 is 13.9 Å². The second-order valence-electron chi connectivity index (χ2n) is 7.45. The summed E-state index contributed by atoms with van der Waals surface area (Å²) in [5.41, 5.74) is 1.20. The Kier molecular flexibility index (Phi) is 6.29. The molecule has 2 aliphatic rings. The van der Waals surface area contributed by atoms with Gasteiger partial charge in [0, 0.05) is 32.7 Å². The number of carbonyl (C=O) groups excluding carboxylic acids is 1. The second-order valence-corrected chi connectivity index (χ2v) is 7.45. The largest absolute Gasteiger partial charge is 0.484 e. The number of alkyl halides is 1. The summed E-state index contributed by atoms with van der Waals surface area (Å²) in [5.74, 6) is 1.52. The van der Waals surface area contributed by atoms with Crippen molar-refractivity contribution in [2.45, 2.75) is 45.3 Å². The molecular formula is C20H29FN2O2. The van der Waals surface area contributed by atoms with E-state index in [1.165, 1.54) is 5.56 Å². The predicted molar refractivity (Wildman–Crippen MR) is 96.3 cm³/mol. The van der Waals surface area contributed by atoms with E-state index in [0.29, 0.717) is 18.8 Å². The molecule has 0 N–H and O–H groups in total. The lowest BCUT2D eigenvalue weighted by atomic mass is 9.99. The van der Waals surface area contributed by atoms with Crippen LogP contribution in [0.3, 0.4) is 0 Å². The smallest absolute Gasteiger partial charge is 0.260 e. The fourth-order valence-electron chi connectivity index (χ4n) is 3.50. The molecule has 0 saturated carbocycles. The highest BCUT2D eigenvalue weighted by Crippen LogP contribution is 2.19. The average molecular weight is 348 g/mol. The first-order chi connectivity index (χ1) is 12.1. The van der Waals surface area contributed by atoms with E-state index in [4.69, 9.17) is 4.74 Å². The molecular weight excluding hydrogens is 319 g/mol. The van der Waals surface area contributed by atoms with E-state index in [1.807, 2.05) is 29.2 Å². The Balaban J connectivity index is 1.42. The number of hydrogen-bond acceptors (Lipinski definition) is 3. The van der Waals surface area contributed by atoms with Crippen LogP contribution in [0.25, 0.3) is 0 Å². The zero-order valence-electron chi connectivity index (χ0n) is 15.1. The van der Waals surface area contributed by atoms with Gasteiger partial charge in [-0.1, -0.05) is 19.1 Å². The van der Waals surface area contributed by atoms with E-state index < -0.39 is 6.17 Å². The van der Waals surface area contributed by atoms with Crippen LogP contribution in [0.2, 0.25) is 0 Å². The quantitative estimate of drug-likeness (QED) is 0.819. The molecule has 0 aliphatic carbocycles. The van der Waals surface area contributed by atoms with E-state index in [9.17, 15) is 9.18 Å². The summed E-state index contributed by atoms with van der Waals surface area (Å²) in [7, 11) is 0. The molecule has 0 unspecified atom stereocenters. The van der Waals surface area contributed by atoms with Crippen molar-refractivity contribution in [3.8, 4) is 5.75 Å². The average Bonchev–Trinajstić information content (AvgIpc) is 2.63. The lowest BCUT2D eigenvalue weighted by Gasteiger charge is -2.30. The number of likely N-dealkylation sites (tertiary alicyclic amines) is 2. The summed E-state index contributed by atoms with van der Waals surface area (Å²) >= 11 is 0. The molecule has 2 fully saturated rings. The van der Waals surface area contributed by atoms with Crippen molar-refractivity contribution in [3.05, 3.63) is 29.8 Å². The zero-order valence-corrected chi connectivity index (χ0v) is 15.1. The molecule has 3 rings (SSSR count). The van der Waals surface area contributed by atoms with Crippen molar-refractivity contribution in [1.82, 2.24) is 9.80 Å². The van der Waals surface area contributed by atoms with Crippen LogP contribution in [0, 0.1) is 5.92 Å². The fraction of sp³-hybridized carbons (Fsp3) is 0.650. The summed E-state index contributed by atoms with van der Waals surface area (Å²) in [5, 5.41) is 0. The zero-order chi connectivity index (χ0) is 17.6. The SMILES string of the molecule is CC1CCN(C(=O)COc2ccc(CN3CCC(F)CC3)cc2)CC1. The maximum Gasteiger partial charge on any atom is 0.260 e. The minimum absolute atomic E-state index is 0.0741. The molecule has 0 bridgehead atoms. The van der Waals surface area contributed by atoms with E-state index in [1.54, 1.807) is 0 Å². The normalized spacial score (nSPS) is 20.6. The van der Waals surface area contributed by atoms with Gasteiger partial charge in [-0.25, -0.2) is 4.39 Å². The molecule has 2 saturated heterocycles. The number of amides is 1. The molecule has 1 amide bonds. The molecule has 0 radical (unpaired) electrons. The number of nitrogens with zero attached hydrogens (tertiary/aromatic N) is 2. The summed E-state index contributed by atoms with van der Waals surface area (Å²) < 4.78 is 18.8. The van der Waals surface area contributed by atoms with Crippen LogP contribution in [-0.4, -0.2) is 54.7 Å². The molecule has 0 atom stereocenters. The van der Waals surface area contributed by atoms with Crippen LogP contribution in [0.1, 0.15) is 38.2 Å². The maximum absolute atomic E-state index is 13.2. The first-order valence-electron chi connectivity index (χ1n) is 9.46. The number of hydrogen-bond donors (Lipinski definition) is 0. The van der Waals surface area contributed by atoms with Crippen LogP contribution >= 0.6 is 0 Å². The van der Waals surface area contributed by atoms with Gasteiger partial charge in [-0.3, -0.25) is 9.69 Å². The van der Waals surface area contributed by atoms with Crippen molar-refractivity contribution >= 4 is 5.91 Å². The number of ether oxygens (including phenoxy) is 1. The highest BCUT2D eigenvalue weighted by molar-refractivity contribution is 5.77. The lowest BCUT2D eigenvalue weighted by Crippen LogP contribution is -2.40. The summed E-state index contributed by atoms with van der Waals surface area (Å²) in [6.07, 6.45) is 2.81. The van der Waals surface area contributed by atoms with Crippen molar-refractivity contribution in [3.63, 3.8) is 0 Å². The van der Waals surface area contributed by atoms with Gasteiger partial charge in [0.15, 0.2) is 6.61 Å². The van der Waals surface area contributed by atoms with Gasteiger partial charge in [-0.05, 0) is 49.3 Å². The highest BCUT2D eigenvalue weighted by atomic mass is 19.1. The molecule has 25 heavy (non-hydrogen) atoms. The molecule has 5 heteroatoms. The first kappa shape index (κ1) is 18.2. The summed E-state index contributed by atoms with van der Waals surface area (Å²) in [6.45, 7) is 6.52. The minimum atomic E-state index is -0.632. The van der Waals surface area contributed by atoms with E-state index in [-0.39, 0.29) is 12.5 Å². The third-order valence-electron chi connectivity index (χ3n) is 5.35. The minimum Gasteiger partial charge on any atom is -0.484 e. The van der Waals surface area contributed by atoms with Gasteiger partial charge in [-0.15, -0.1) is 0 Å². The lowest BCUT2D eigenvalue weighted by molar-refractivity contribution is -0.134. The van der Waals surface area contributed by atoms with Gasteiger partial charge in [0.25, 0.3) is 5.91 Å². The van der Waals surface area contributed by atoms with Crippen molar-refractivity contribution in [2.75, 3.05) is 32.8 Å². The number of benzene rings is 1. The van der Waals surface area contributed by atoms with Crippen molar-refractivity contribution in [1.29, 1.82) is 0 Å². The van der Waals surface area contributed by atoms with E-state index in [0.717, 1.165) is 51.3 Å². The predicted octanol–water partition coefficient (Wildman–Crippen LogP) is 3.26. The number of carbonyl (C=O) groups is 1. The monoisotopic (exact) mass is 348 g/mol. The van der Waals surface area contributed by atoms with Crippen LogP contribution < -0.4 is 4.74 Å². The topological polar surface area (TPSA) is 32.8 Å². The highest BCUT2D eigenvalue weighted by Gasteiger charge is 2.21. The molecule has 4 nitrogen and oxygen atoms in total. The van der Waals surface area contributed by atoms with Gasteiger partial charge >= 0.3 is 0 Å². The first-order valence-corrected chi connectivity index (χ1v) is 9.46. The third-order valence-corrected chi connectivity index (χ3v) is 5.35. The summed E-state index contributed by atoms with van der Waals surface area (Å²) in [6, 6.07) is 7.90. The van der Waals surface area contributed by atoms with Gasteiger partial charge < -0.3 is 9.64 Å². The molecule has 2 aliphatic heterocycles. The Morgan fingerprint density at radius 1 is 1.08 bits per heavy atom. The van der Waals surface area contributed by atoms with Crippen LogP contribution in [-0.2, 0) is 11.3 Å². The summed E-state index contributed by atoms with van der Waals surface area (Å²) in [4.78, 5) is 16.4. The van der Waals surface area contributed by atoms with Gasteiger partial charge in [0.2, 0.25) is 0 Å². The van der Waals surface area contributed by atoms with Crippen molar-refractivity contribution in [2.24, 2.45) is 5.92 Å². The van der Waals surface area contributed by atoms with Crippen LogP contribution in [0.15, 0.2) is 24.3 Å². The second kappa shape index (κ2) is 8.65. The maximum atomic E-state index is 13.2. The Morgan fingerprint density at radius 2 is 1.72 bits per heavy atom. The Bertz CT molecular complexity index is 547. The number of halogens is 1. The molecule has 1 aromatic carbocycles. The van der Waals surface area contributed by atoms with Crippen LogP contribution in [0.4, 0.5) is 4.39 Å². The van der Waals surface area contributed by atoms with E-state index in [2.05, 4.69) is 11.8 Å². The van der Waals surface area contributed by atoms with Gasteiger partial charge in [0.05, 0.1) is 0 Å². The Morgan fingerprint density at radius 3 is 2.36 bits per heavy atom. The van der Waals surface area contributed by atoms with Gasteiger partial charge in [0.1, 0.15) is 11.9 Å².